The van der Waals surface area contributed by atoms with Crippen molar-refractivity contribution >= 4 is 22.1 Å². The molecule has 2 rings (SSSR count). The predicted molar refractivity (Wildman–Crippen MR) is 77.1 cm³/mol. The Morgan fingerprint density at radius 1 is 1.19 bits per heavy atom. The summed E-state index contributed by atoms with van der Waals surface area (Å²) in [4.78, 5) is 15.7. The molecule has 1 heterocycles. The van der Waals surface area contributed by atoms with E-state index in [0.29, 0.717) is 5.69 Å². The van der Waals surface area contributed by atoms with Crippen LogP contribution in [0.25, 0.3) is 0 Å². The van der Waals surface area contributed by atoms with E-state index < -0.39 is 15.9 Å². The van der Waals surface area contributed by atoms with Gasteiger partial charge in [0.05, 0.1) is 22.4 Å². The Kier molecular flexibility index (Phi) is 4.41. The summed E-state index contributed by atoms with van der Waals surface area (Å²) in [5.41, 5.74) is 2.71. The number of carbonyl (C=O) groups is 1. The van der Waals surface area contributed by atoms with E-state index in [-0.39, 0.29) is 10.5 Å². The number of benzene rings is 1. The van der Waals surface area contributed by atoms with Crippen LogP contribution in [0.4, 0.5) is 0 Å². The van der Waals surface area contributed by atoms with Crippen molar-refractivity contribution in [2.45, 2.75) is 4.90 Å². The number of hydrogen-bond donors (Lipinski definition) is 2. The number of hydrogen-bond acceptors (Lipinski definition) is 5. The van der Waals surface area contributed by atoms with Crippen LogP contribution < -0.4 is 10.6 Å². The van der Waals surface area contributed by atoms with Gasteiger partial charge in [0.25, 0.3) is 5.91 Å². The molecule has 0 fully saturated rings. The first-order valence-electron chi connectivity index (χ1n) is 5.85. The Hall–Kier alpha value is -2.58. The molecule has 1 aromatic heterocycles. The molecular formula is C13H12N4O3S. The van der Waals surface area contributed by atoms with E-state index in [9.17, 15) is 13.2 Å². The molecule has 0 saturated heterocycles. The number of hydrazone groups is 1. The highest BCUT2D eigenvalue weighted by atomic mass is 32.2. The van der Waals surface area contributed by atoms with E-state index in [0.717, 1.165) is 0 Å². The van der Waals surface area contributed by atoms with Crippen LogP contribution in [0.3, 0.4) is 0 Å². The van der Waals surface area contributed by atoms with Gasteiger partial charge in [-0.25, -0.2) is 19.0 Å². The zero-order chi connectivity index (χ0) is 15.3. The molecule has 0 saturated carbocycles. The topological polar surface area (TPSA) is 115 Å². The fourth-order valence-electron chi connectivity index (χ4n) is 1.57. The van der Waals surface area contributed by atoms with Crippen molar-refractivity contribution in [1.29, 1.82) is 0 Å². The zero-order valence-electron chi connectivity index (χ0n) is 10.8. The van der Waals surface area contributed by atoms with E-state index in [4.69, 9.17) is 5.14 Å². The van der Waals surface area contributed by atoms with E-state index in [1.165, 1.54) is 30.5 Å². The lowest BCUT2D eigenvalue weighted by atomic mass is 10.2. The lowest BCUT2D eigenvalue weighted by Crippen LogP contribution is -2.23. The van der Waals surface area contributed by atoms with Crippen LogP contribution in [-0.2, 0) is 10.0 Å². The molecule has 7 nitrogen and oxygen atoms in total. The van der Waals surface area contributed by atoms with Crippen molar-refractivity contribution in [3.8, 4) is 0 Å². The van der Waals surface area contributed by atoms with Crippen molar-refractivity contribution in [1.82, 2.24) is 10.4 Å². The average molecular weight is 304 g/mol. The number of nitrogens with zero attached hydrogens (tertiary/aromatic N) is 2. The van der Waals surface area contributed by atoms with Crippen molar-refractivity contribution < 1.29 is 13.2 Å². The molecule has 8 heteroatoms. The number of nitrogens with one attached hydrogen (secondary N) is 1. The summed E-state index contributed by atoms with van der Waals surface area (Å²) in [5, 5.41) is 8.78. The van der Waals surface area contributed by atoms with E-state index in [2.05, 4.69) is 15.5 Å². The van der Waals surface area contributed by atoms with Crippen LogP contribution in [0.1, 0.15) is 16.1 Å². The van der Waals surface area contributed by atoms with Gasteiger partial charge in [-0.05, 0) is 24.3 Å². The van der Waals surface area contributed by atoms with Gasteiger partial charge in [-0.2, -0.15) is 5.10 Å². The molecule has 0 aliphatic heterocycles. The number of pyridine rings is 1. The number of carbonyl (C=O) groups excluding carboxylic acids is 1. The Morgan fingerprint density at radius 2 is 1.90 bits per heavy atom. The second-order valence-corrected chi connectivity index (χ2v) is 5.52. The van der Waals surface area contributed by atoms with E-state index in [1.54, 1.807) is 24.4 Å². The molecule has 1 amide bonds. The summed E-state index contributed by atoms with van der Waals surface area (Å²) in [6.45, 7) is 0. The maximum Gasteiger partial charge on any atom is 0.272 e. The number of aromatic nitrogens is 1. The molecule has 2 aromatic rings. The van der Waals surface area contributed by atoms with Gasteiger partial charge < -0.3 is 0 Å². The van der Waals surface area contributed by atoms with Crippen LogP contribution in [0.5, 0.6) is 0 Å². The molecule has 0 radical (unpaired) electrons. The Bertz CT molecular complexity index is 773. The summed E-state index contributed by atoms with van der Waals surface area (Å²) >= 11 is 0. The molecule has 108 valence electrons. The number of amides is 1. The monoisotopic (exact) mass is 304 g/mol. The molecule has 0 aliphatic rings. The third-order valence-corrected chi connectivity index (χ3v) is 3.46. The lowest BCUT2D eigenvalue weighted by Gasteiger charge is -2.05. The minimum atomic E-state index is -3.98. The Balaban J connectivity index is 2.17. The number of rotatable bonds is 4. The van der Waals surface area contributed by atoms with Gasteiger partial charge >= 0.3 is 0 Å². The molecule has 21 heavy (non-hydrogen) atoms. The summed E-state index contributed by atoms with van der Waals surface area (Å²) in [6, 6.07) is 10.8. The molecule has 0 atom stereocenters. The smallest absolute Gasteiger partial charge is 0.267 e. The lowest BCUT2D eigenvalue weighted by molar-refractivity contribution is 0.0952. The normalized spacial score (nSPS) is 11.5. The van der Waals surface area contributed by atoms with Crippen molar-refractivity contribution in [3.63, 3.8) is 0 Å². The second kappa shape index (κ2) is 6.25. The minimum Gasteiger partial charge on any atom is -0.267 e. The first-order chi connectivity index (χ1) is 9.98. The quantitative estimate of drug-likeness (QED) is 0.632. The van der Waals surface area contributed by atoms with Crippen LogP contribution in [0, 0.1) is 0 Å². The van der Waals surface area contributed by atoms with Crippen molar-refractivity contribution in [2.75, 3.05) is 0 Å². The van der Waals surface area contributed by atoms with Gasteiger partial charge in [0, 0.05) is 6.20 Å². The zero-order valence-corrected chi connectivity index (χ0v) is 11.6. The van der Waals surface area contributed by atoms with Crippen LogP contribution in [0.2, 0.25) is 0 Å². The molecule has 0 spiro atoms. The molecule has 0 unspecified atom stereocenters. The van der Waals surface area contributed by atoms with Gasteiger partial charge in [0.2, 0.25) is 10.0 Å². The van der Waals surface area contributed by atoms with Crippen LogP contribution in [-0.4, -0.2) is 25.5 Å². The van der Waals surface area contributed by atoms with Gasteiger partial charge in [0.15, 0.2) is 0 Å². The summed E-state index contributed by atoms with van der Waals surface area (Å²) in [7, 11) is -3.98. The minimum absolute atomic E-state index is 0.0711. The van der Waals surface area contributed by atoms with Crippen molar-refractivity contribution in [2.24, 2.45) is 10.2 Å². The third-order valence-electron chi connectivity index (χ3n) is 2.49. The standard InChI is InChI=1S/C13H12N4O3S/c14-21(19,20)12-7-2-1-6-11(12)13(18)17-16-9-10-5-3-4-8-15-10/h1-9H,(H,17,18)(H2,14,19,20). The maximum absolute atomic E-state index is 11.9. The van der Waals surface area contributed by atoms with Crippen molar-refractivity contribution in [3.05, 3.63) is 59.9 Å². The highest BCUT2D eigenvalue weighted by Gasteiger charge is 2.18. The molecular weight excluding hydrogens is 292 g/mol. The first-order valence-corrected chi connectivity index (χ1v) is 7.39. The second-order valence-electron chi connectivity index (χ2n) is 3.99. The SMILES string of the molecule is NS(=O)(=O)c1ccccc1C(=O)NN=Cc1ccccn1. The highest BCUT2D eigenvalue weighted by Crippen LogP contribution is 2.13. The fourth-order valence-corrected chi connectivity index (χ4v) is 2.31. The maximum atomic E-state index is 11.9. The first kappa shape index (κ1) is 14.8. The van der Waals surface area contributed by atoms with Gasteiger partial charge in [-0.1, -0.05) is 18.2 Å². The Morgan fingerprint density at radius 3 is 2.57 bits per heavy atom. The number of primary sulfonamides is 1. The van der Waals surface area contributed by atoms with Gasteiger partial charge in [0.1, 0.15) is 0 Å². The third kappa shape index (κ3) is 3.94. The summed E-state index contributed by atoms with van der Waals surface area (Å²) in [5.74, 6) is -0.674. The van der Waals surface area contributed by atoms with Gasteiger partial charge in [-0.15, -0.1) is 0 Å². The van der Waals surface area contributed by atoms with Crippen LogP contribution >= 0.6 is 0 Å². The Labute approximate surface area is 121 Å². The highest BCUT2D eigenvalue weighted by molar-refractivity contribution is 7.89. The number of nitrogens with two attached hydrogens (primary N) is 1. The largest absolute Gasteiger partial charge is 0.272 e. The molecule has 0 bridgehead atoms. The molecule has 3 N–H and O–H groups in total. The van der Waals surface area contributed by atoms with Gasteiger partial charge in [-0.3, -0.25) is 9.78 Å². The number of sulfonamides is 1. The molecule has 1 aromatic carbocycles. The summed E-state index contributed by atoms with van der Waals surface area (Å²) in [6.07, 6.45) is 2.93. The van der Waals surface area contributed by atoms with E-state index in [1.807, 2.05) is 0 Å². The average Bonchev–Trinajstić information content (AvgIpc) is 2.47. The predicted octanol–water partition coefficient (Wildman–Crippen LogP) is 0.493. The fraction of sp³-hybridized carbons (Fsp3) is 0. The summed E-state index contributed by atoms with van der Waals surface area (Å²) < 4.78 is 22.8. The van der Waals surface area contributed by atoms with E-state index >= 15 is 0 Å². The van der Waals surface area contributed by atoms with Crippen LogP contribution in [0.15, 0.2) is 58.7 Å². The molecule has 0 aliphatic carbocycles.